The Bertz CT molecular complexity index is 1150. The van der Waals surface area contributed by atoms with Crippen LogP contribution in [0.3, 0.4) is 0 Å². The maximum absolute atomic E-state index is 11.9. The lowest BCUT2D eigenvalue weighted by Crippen LogP contribution is -2.23. The summed E-state index contributed by atoms with van der Waals surface area (Å²) in [7, 11) is 0. The fourth-order valence-corrected chi connectivity index (χ4v) is 5.30. The van der Waals surface area contributed by atoms with E-state index in [1.807, 2.05) is 12.1 Å². The normalized spacial score (nSPS) is 18.6. The van der Waals surface area contributed by atoms with Gasteiger partial charge in [-0.15, -0.1) is 0 Å². The molecule has 4 heteroatoms. The van der Waals surface area contributed by atoms with E-state index in [1.54, 1.807) is 0 Å². The van der Waals surface area contributed by atoms with Gasteiger partial charge in [-0.1, -0.05) is 54.1 Å². The molecule has 0 bridgehead atoms. The van der Waals surface area contributed by atoms with E-state index in [1.165, 1.54) is 28.1 Å². The van der Waals surface area contributed by atoms with E-state index in [9.17, 15) is 9.90 Å². The molecule has 3 aromatic rings. The topological polar surface area (TPSA) is 62.2 Å². The monoisotopic (exact) mass is 412 g/mol. The fraction of sp³-hybridized carbons (Fsp3) is 0.333. The van der Waals surface area contributed by atoms with Gasteiger partial charge in [0.25, 0.3) is 0 Å². The van der Waals surface area contributed by atoms with Gasteiger partial charge in [-0.25, -0.2) is 4.79 Å². The first kappa shape index (κ1) is 19.8. The van der Waals surface area contributed by atoms with Crippen molar-refractivity contribution in [3.8, 4) is 0 Å². The molecule has 0 saturated carbocycles. The van der Waals surface area contributed by atoms with Crippen molar-refractivity contribution in [1.29, 1.82) is 0 Å². The lowest BCUT2D eigenvalue weighted by Gasteiger charge is -2.31. The highest BCUT2D eigenvalue weighted by atomic mass is 16.4. The SMILES string of the molecule is O=C(O)C1=C(C2CCc3nc4ccccc4c(NCc4ccccc4)c3C2)CCCC1. The minimum Gasteiger partial charge on any atom is -0.478 e. The number of rotatable bonds is 5. The Morgan fingerprint density at radius 3 is 2.61 bits per heavy atom. The number of nitrogens with one attached hydrogen (secondary N) is 1. The Hall–Kier alpha value is -3.14. The second kappa shape index (κ2) is 8.54. The molecule has 1 atom stereocenters. The van der Waals surface area contributed by atoms with E-state index < -0.39 is 5.97 Å². The third kappa shape index (κ3) is 3.95. The zero-order chi connectivity index (χ0) is 21.2. The first-order valence-electron chi connectivity index (χ1n) is 11.3. The molecule has 158 valence electrons. The molecular weight excluding hydrogens is 384 g/mol. The van der Waals surface area contributed by atoms with Crippen molar-refractivity contribution in [3.63, 3.8) is 0 Å². The van der Waals surface area contributed by atoms with Crippen molar-refractivity contribution in [1.82, 2.24) is 4.98 Å². The summed E-state index contributed by atoms with van der Waals surface area (Å²) < 4.78 is 0. The molecule has 0 radical (unpaired) electrons. The maximum Gasteiger partial charge on any atom is 0.331 e. The van der Waals surface area contributed by atoms with Gasteiger partial charge in [0.05, 0.1) is 5.52 Å². The molecule has 1 aromatic heterocycles. The Labute approximate surface area is 183 Å². The summed E-state index contributed by atoms with van der Waals surface area (Å²) in [6, 6.07) is 18.8. The molecule has 0 fully saturated rings. The molecule has 1 unspecified atom stereocenters. The van der Waals surface area contributed by atoms with Crippen molar-refractivity contribution in [2.45, 2.75) is 51.5 Å². The number of pyridine rings is 1. The summed E-state index contributed by atoms with van der Waals surface area (Å²) in [5.74, 6) is -0.418. The number of carboxylic acid groups (broad SMARTS) is 1. The van der Waals surface area contributed by atoms with Crippen LogP contribution in [-0.4, -0.2) is 16.1 Å². The number of fused-ring (bicyclic) bond motifs is 2. The molecule has 4 nitrogen and oxygen atoms in total. The average Bonchev–Trinajstić information content (AvgIpc) is 2.82. The van der Waals surface area contributed by atoms with E-state index in [0.29, 0.717) is 17.9 Å². The molecule has 31 heavy (non-hydrogen) atoms. The van der Waals surface area contributed by atoms with Gasteiger partial charge in [-0.3, -0.25) is 4.98 Å². The molecule has 0 amide bonds. The molecule has 2 N–H and O–H groups in total. The number of aromatic nitrogens is 1. The number of aliphatic carboxylic acids is 1. The van der Waals surface area contributed by atoms with Crippen LogP contribution in [0.5, 0.6) is 0 Å². The second-order valence-corrected chi connectivity index (χ2v) is 8.72. The lowest BCUT2D eigenvalue weighted by molar-refractivity contribution is -0.133. The Kier molecular flexibility index (Phi) is 5.46. The van der Waals surface area contributed by atoms with Crippen LogP contribution in [0, 0.1) is 5.92 Å². The van der Waals surface area contributed by atoms with Gasteiger partial charge in [-0.05, 0) is 68.1 Å². The van der Waals surface area contributed by atoms with Crippen LogP contribution < -0.4 is 5.32 Å². The number of nitrogens with zero attached hydrogens (tertiary/aromatic N) is 1. The number of aryl methyl sites for hydroxylation is 1. The standard InChI is InChI=1S/C27H28N2O2/c30-27(31)21-11-5-4-10-20(21)19-14-15-25-23(16-19)26(22-12-6-7-13-24(22)29-25)28-17-18-8-2-1-3-9-18/h1-3,6-9,12-13,19H,4-5,10-11,14-17H2,(H,28,29)(H,30,31). The Balaban J connectivity index is 1.54. The number of carbonyl (C=O) groups is 1. The first-order valence-corrected chi connectivity index (χ1v) is 11.3. The summed E-state index contributed by atoms with van der Waals surface area (Å²) >= 11 is 0. The summed E-state index contributed by atoms with van der Waals surface area (Å²) in [4.78, 5) is 16.9. The van der Waals surface area contributed by atoms with Crippen LogP contribution in [0.15, 0.2) is 65.7 Å². The fourth-order valence-electron chi connectivity index (χ4n) is 5.30. The summed E-state index contributed by atoms with van der Waals surface area (Å²) in [5.41, 5.74) is 7.74. The van der Waals surface area contributed by atoms with Crippen LogP contribution in [0.1, 0.15) is 48.9 Å². The first-order chi connectivity index (χ1) is 15.2. The van der Waals surface area contributed by atoms with E-state index in [0.717, 1.165) is 56.0 Å². The number of benzene rings is 2. The smallest absolute Gasteiger partial charge is 0.331 e. The van der Waals surface area contributed by atoms with Gasteiger partial charge in [-0.2, -0.15) is 0 Å². The van der Waals surface area contributed by atoms with E-state index in [-0.39, 0.29) is 0 Å². The summed E-state index contributed by atoms with van der Waals surface area (Å²) in [5, 5.41) is 14.6. The van der Waals surface area contributed by atoms with Crippen LogP contribution in [0.2, 0.25) is 0 Å². The molecule has 2 aromatic carbocycles. The summed E-state index contributed by atoms with van der Waals surface area (Å²) in [6.07, 6.45) is 6.49. The zero-order valence-electron chi connectivity index (χ0n) is 17.7. The predicted octanol–water partition coefficient (Wildman–Crippen LogP) is 5.91. The van der Waals surface area contributed by atoms with Crippen molar-refractivity contribution in [2.75, 3.05) is 5.32 Å². The largest absolute Gasteiger partial charge is 0.478 e. The van der Waals surface area contributed by atoms with Crippen molar-refractivity contribution >= 4 is 22.6 Å². The molecule has 2 aliphatic carbocycles. The van der Waals surface area contributed by atoms with Gasteiger partial charge in [0.15, 0.2) is 0 Å². The molecular formula is C27H28N2O2. The number of hydrogen-bond donors (Lipinski definition) is 2. The quantitative estimate of drug-likeness (QED) is 0.547. The summed E-state index contributed by atoms with van der Waals surface area (Å²) in [6.45, 7) is 0.759. The number of allylic oxidation sites excluding steroid dienone is 1. The predicted molar refractivity (Wildman–Crippen MR) is 124 cm³/mol. The van der Waals surface area contributed by atoms with Crippen LogP contribution in [0.25, 0.3) is 10.9 Å². The third-order valence-electron chi connectivity index (χ3n) is 6.83. The molecule has 0 aliphatic heterocycles. The zero-order valence-corrected chi connectivity index (χ0v) is 17.7. The van der Waals surface area contributed by atoms with Gasteiger partial charge in [0.1, 0.15) is 0 Å². The maximum atomic E-state index is 11.9. The van der Waals surface area contributed by atoms with Gasteiger partial charge >= 0.3 is 5.97 Å². The van der Waals surface area contributed by atoms with Gasteiger partial charge in [0, 0.05) is 28.9 Å². The van der Waals surface area contributed by atoms with E-state index >= 15 is 0 Å². The number of anilines is 1. The van der Waals surface area contributed by atoms with E-state index in [2.05, 4.69) is 47.8 Å². The van der Waals surface area contributed by atoms with Crippen molar-refractivity contribution in [2.24, 2.45) is 5.92 Å². The molecule has 1 heterocycles. The highest BCUT2D eigenvalue weighted by Crippen LogP contribution is 2.41. The van der Waals surface area contributed by atoms with Gasteiger partial charge < -0.3 is 10.4 Å². The highest BCUT2D eigenvalue weighted by molar-refractivity contribution is 5.93. The Morgan fingerprint density at radius 1 is 1.00 bits per heavy atom. The van der Waals surface area contributed by atoms with E-state index in [4.69, 9.17) is 4.98 Å². The number of hydrogen-bond acceptors (Lipinski definition) is 3. The molecule has 2 aliphatic rings. The number of para-hydroxylation sites is 1. The van der Waals surface area contributed by atoms with Crippen molar-refractivity contribution in [3.05, 3.63) is 82.6 Å². The minimum absolute atomic E-state index is 0.305. The van der Waals surface area contributed by atoms with Crippen LogP contribution in [0.4, 0.5) is 5.69 Å². The molecule has 5 rings (SSSR count). The van der Waals surface area contributed by atoms with Gasteiger partial charge in [0.2, 0.25) is 0 Å². The van der Waals surface area contributed by atoms with Crippen molar-refractivity contribution < 1.29 is 9.90 Å². The second-order valence-electron chi connectivity index (χ2n) is 8.72. The Morgan fingerprint density at radius 2 is 1.77 bits per heavy atom. The molecule has 0 spiro atoms. The van der Waals surface area contributed by atoms with Crippen LogP contribution in [-0.2, 0) is 24.2 Å². The third-order valence-corrected chi connectivity index (χ3v) is 6.83. The minimum atomic E-state index is -0.723. The number of carboxylic acids is 1. The lowest BCUT2D eigenvalue weighted by atomic mass is 9.75. The molecule has 0 saturated heterocycles. The average molecular weight is 413 g/mol. The highest BCUT2D eigenvalue weighted by Gasteiger charge is 2.30. The van der Waals surface area contributed by atoms with Crippen LogP contribution >= 0.6 is 0 Å².